The Morgan fingerprint density at radius 2 is 1.00 bits per heavy atom. The van der Waals surface area contributed by atoms with Crippen LogP contribution in [0.1, 0.15) is 0 Å². The second-order valence-electron chi connectivity index (χ2n) is 10.8. The lowest BCUT2D eigenvalue weighted by atomic mass is 10.0. The molecule has 0 aliphatic carbocycles. The maximum atomic E-state index is 6.19. The lowest BCUT2D eigenvalue weighted by Gasteiger charge is -2.09. The highest BCUT2D eigenvalue weighted by Crippen LogP contribution is 2.39. The topological polar surface area (TPSA) is 51.8 Å². The van der Waals surface area contributed by atoms with Crippen LogP contribution in [0.4, 0.5) is 0 Å². The molecule has 0 spiro atoms. The molecule has 0 N–H and O–H groups in total. The van der Waals surface area contributed by atoms with Gasteiger partial charge in [0.2, 0.25) is 0 Å². The summed E-state index contributed by atoms with van der Waals surface area (Å²) in [4.78, 5) is 15.1. The van der Waals surface area contributed by atoms with Gasteiger partial charge in [-0.1, -0.05) is 115 Å². The first-order valence-corrected chi connectivity index (χ1v) is 15.3. The van der Waals surface area contributed by atoms with Crippen LogP contribution in [0.25, 0.3) is 87.4 Å². The highest BCUT2D eigenvalue weighted by atomic mass is 32.1. The van der Waals surface area contributed by atoms with Crippen molar-refractivity contribution in [1.29, 1.82) is 0 Å². The van der Waals surface area contributed by atoms with E-state index in [1.165, 1.54) is 31.3 Å². The summed E-state index contributed by atoms with van der Waals surface area (Å²) >= 11 is 1.80. The van der Waals surface area contributed by atoms with E-state index < -0.39 is 0 Å². The van der Waals surface area contributed by atoms with Gasteiger partial charge in [0.1, 0.15) is 11.2 Å². The van der Waals surface area contributed by atoms with Gasteiger partial charge in [-0.2, -0.15) is 0 Å². The molecular formula is C39H23N3OS. The zero-order valence-electron chi connectivity index (χ0n) is 23.4. The first-order valence-electron chi connectivity index (χ1n) is 14.5. The highest BCUT2D eigenvalue weighted by molar-refractivity contribution is 7.25. The number of rotatable bonds is 4. The minimum absolute atomic E-state index is 0.620. The van der Waals surface area contributed by atoms with Crippen molar-refractivity contribution in [3.63, 3.8) is 0 Å². The lowest BCUT2D eigenvalue weighted by Crippen LogP contribution is -2.00. The molecule has 0 radical (unpaired) electrons. The maximum absolute atomic E-state index is 6.19. The summed E-state index contributed by atoms with van der Waals surface area (Å²) in [6.07, 6.45) is 0. The Morgan fingerprint density at radius 3 is 1.77 bits per heavy atom. The van der Waals surface area contributed by atoms with E-state index in [1.807, 2.05) is 60.7 Å². The molecule has 0 atom stereocenters. The van der Waals surface area contributed by atoms with E-state index in [2.05, 4.69) is 78.9 Å². The van der Waals surface area contributed by atoms with Crippen molar-refractivity contribution in [2.24, 2.45) is 0 Å². The summed E-state index contributed by atoms with van der Waals surface area (Å²) < 4.78 is 8.65. The van der Waals surface area contributed by atoms with Crippen molar-refractivity contribution in [2.75, 3.05) is 0 Å². The summed E-state index contributed by atoms with van der Waals surface area (Å²) in [6, 6.07) is 48.1. The lowest BCUT2D eigenvalue weighted by molar-refractivity contribution is 0.669. The van der Waals surface area contributed by atoms with Gasteiger partial charge in [0.15, 0.2) is 17.5 Å². The number of para-hydroxylation sites is 1. The molecule has 0 saturated carbocycles. The molecule has 44 heavy (non-hydrogen) atoms. The fourth-order valence-electron chi connectivity index (χ4n) is 6.03. The molecule has 0 amide bonds. The number of fused-ring (bicyclic) bond motifs is 6. The number of thiophene rings is 1. The quantitative estimate of drug-likeness (QED) is 0.207. The number of benzene rings is 6. The molecule has 0 aliphatic heterocycles. The molecule has 0 aliphatic rings. The van der Waals surface area contributed by atoms with Gasteiger partial charge in [0, 0.05) is 47.6 Å². The van der Waals surface area contributed by atoms with Gasteiger partial charge in [0.05, 0.1) is 0 Å². The molecule has 3 aromatic heterocycles. The van der Waals surface area contributed by atoms with Crippen molar-refractivity contribution >= 4 is 53.4 Å². The second-order valence-corrected chi connectivity index (χ2v) is 11.9. The van der Waals surface area contributed by atoms with Crippen LogP contribution in [0.3, 0.4) is 0 Å². The predicted molar refractivity (Wildman–Crippen MR) is 182 cm³/mol. The second kappa shape index (κ2) is 9.97. The predicted octanol–water partition coefficient (Wildman–Crippen LogP) is 10.8. The first kappa shape index (κ1) is 24.9. The van der Waals surface area contributed by atoms with Gasteiger partial charge in [-0.15, -0.1) is 11.3 Å². The molecule has 206 valence electrons. The van der Waals surface area contributed by atoms with Crippen molar-refractivity contribution in [3.8, 4) is 45.3 Å². The monoisotopic (exact) mass is 581 g/mol. The highest BCUT2D eigenvalue weighted by Gasteiger charge is 2.18. The third-order valence-corrected chi connectivity index (χ3v) is 9.26. The Kier molecular flexibility index (Phi) is 5.64. The number of hydrogen-bond donors (Lipinski definition) is 0. The standard InChI is InChI=1S/C39H23N3OS/c1-3-10-24(11-4-1)26-18-20-28-29-21-19-27(23-35(29)44-34(28)22-26)38-40-37(25-12-5-2-6-13-25)41-39(42-38)31-15-9-17-33-36(31)30-14-7-8-16-32(30)43-33/h1-23H. The third-order valence-electron chi connectivity index (χ3n) is 8.15. The minimum atomic E-state index is 0.620. The average Bonchev–Trinajstić information content (AvgIpc) is 3.66. The molecule has 0 unspecified atom stereocenters. The van der Waals surface area contributed by atoms with Crippen LogP contribution >= 0.6 is 11.3 Å². The summed E-state index contributed by atoms with van der Waals surface area (Å²) in [5, 5.41) is 4.55. The van der Waals surface area contributed by atoms with Crippen molar-refractivity contribution in [3.05, 3.63) is 140 Å². The van der Waals surface area contributed by atoms with Crippen LogP contribution < -0.4 is 0 Å². The number of furan rings is 1. The van der Waals surface area contributed by atoms with Crippen molar-refractivity contribution in [1.82, 2.24) is 15.0 Å². The number of hydrogen-bond acceptors (Lipinski definition) is 5. The van der Waals surface area contributed by atoms with Crippen LogP contribution in [0, 0.1) is 0 Å². The Labute approximate surface area is 256 Å². The number of aromatic nitrogens is 3. The molecule has 4 nitrogen and oxygen atoms in total. The van der Waals surface area contributed by atoms with Gasteiger partial charge in [0.25, 0.3) is 0 Å². The molecule has 6 aromatic carbocycles. The SMILES string of the molecule is c1ccc(-c2ccc3c(c2)sc2cc(-c4nc(-c5ccccc5)nc(-c5cccc6oc7ccccc7c56)n4)ccc23)cc1. The van der Waals surface area contributed by atoms with Crippen LogP contribution in [0.15, 0.2) is 144 Å². The fraction of sp³-hybridized carbons (Fsp3) is 0. The van der Waals surface area contributed by atoms with Gasteiger partial charge >= 0.3 is 0 Å². The molecule has 0 bridgehead atoms. The summed E-state index contributed by atoms with van der Waals surface area (Å²) in [5.74, 6) is 1.90. The van der Waals surface area contributed by atoms with E-state index in [-0.39, 0.29) is 0 Å². The van der Waals surface area contributed by atoms with Gasteiger partial charge < -0.3 is 4.42 Å². The summed E-state index contributed by atoms with van der Waals surface area (Å²) in [6.45, 7) is 0. The van der Waals surface area contributed by atoms with Crippen LogP contribution in [0.2, 0.25) is 0 Å². The summed E-state index contributed by atoms with van der Waals surface area (Å²) in [7, 11) is 0. The number of nitrogens with zero attached hydrogens (tertiary/aromatic N) is 3. The van der Waals surface area contributed by atoms with E-state index in [4.69, 9.17) is 19.4 Å². The molecule has 0 saturated heterocycles. The molecular weight excluding hydrogens is 559 g/mol. The minimum Gasteiger partial charge on any atom is -0.456 e. The van der Waals surface area contributed by atoms with E-state index in [0.29, 0.717) is 17.5 Å². The average molecular weight is 582 g/mol. The fourth-order valence-corrected chi connectivity index (χ4v) is 7.21. The van der Waals surface area contributed by atoms with Crippen molar-refractivity contribution < 1.29 is 4.42 Å². The van der Waals surface area contributed by atoms with Crippen LogP contribution in [-0.2, 0) is 0 Å². The Hall–Kier alpha value is -5.65. The smallest absolute Gasteiger partial charge is 0.164 e. The molecule has 5 heteroatoms. The van der Waals surface area contributed by atoms with E-state index in [1.54, 1.807) is 11.3 Å². The molecule has 9 rings (SSSR count). The van der Waals surface area contributed by atoms with E-state index in [9.17, 15) is 0 Å². The zero-order valence-corrected chi connectivity index (χ0v) is 24.3. The summed E-state index contributed by atoms with van der Waals surface area (Å²) in [5.41, 5.74) is 6.92. The first-order chi connectivity index (χ1) is 21.8. The Bertz CT molecular complexity index is 2500. The largest absolute Gasteiger partial charge is 0.456 e. The van der Waals surface area contributed by atoms with Crippen LogP contribution in [-0.4, -0.2) is 15.0 Å². The molecule has 9 aromatic rings. The van der Waals surface area contributed by atoms with E-state index >= 15 is 0 Å². The van der Waals surface area contributed by atoms with E-state index in [0.717, 1.165) is 38.6 Å². The maximum Gasteiger partial charge on any atom is 0.164 e. The van der Waals surface area contributed by atoms with Crippen LogP contribution in [0.5, 0.6) is 0 Å². The van der Waals surface area contributed by atoms with Gasteiger partial charge in [-0.05, 0) is 35.4 Å². The molecule has 0 fully saturated rings. The van der Waals surface area contributed by atoms with Crippen molar-refractivity contribution in [2.45, 2.75) is 0 Å². The third kappa shape index (κ3) is 4.09. The van der Waals surface area contributed by atoms with Gasteiger partial charge in [-0.25, -0.2) is 15.0 Å². The zero-order chi connectivity index (χ0) is 29.0. The Balaban J connectivity index is 1.23. The normalized spacial score (nSPS) is 11.6. The Morgan fingerprint density at radius 1 is 0.409 bits per heavy atom. The molecule has 3 heterocycles. The van der Waals surface area contributed by atoms with Gasteiger partial charge in [-0.3, -0.25) is 0 Å².